The largest absolute Gasteiger partial charge is 0.497 e. The van der Waals surface area contributed by atoms with Crippen molar-refractivity contribution >= 4 is 17.5 Å². The van der Waals surface area contributed by atoms with Crippen LogP contribution in [0, 0.1) is 0 Å². The van der Waals surface area contributed by atoms with E-state index in [2.05, 4.69) is 20.6 Å². The topological polar surface area (TPSA) is 76.1 Å². The Balaban J connectivity index is 1.55. The van der Waals surface area contributed by atoms with Crippen LogP contribution in [-0.2, 0) is 6.42 Å². The second kappa shape index (κ2) is 8.62. The highest BCUT2D eigenvalue weighted by molar-refractivity contribution is 6.02. The molecule has 1 amide bonds. The molecule has 3 aromatic rings. The van der Waals surface area contributed by atoms with Crippen LogP contribution in [0.2, 0.25) is 0 Å². The Hall–Kier alpha value is -3.41. The van der Waals surface area contributed by atoms with Crippen molar-refractivity contribution in [2.75, 3.05) is 24.3 Å². The van der Waals surface area contributed by atoms with Crippen LogP contribution in [0.25, 0.3) is 0 Å². The van der Waals surface area contributed by atoms with E-state index in [1.807, 2.05) is 54.6 Å². The number of rotatable bonds is 7. The average molecular weight is 348 g/mol. The van der Waals surface area contributed by atoms with Crippen molar-refractivity contribution in [3.63, 3.8) is 0 Å². The molecule has 1 heterocycles. The average Bonchev–Trinajstić information content (AvgIpc) is 2.69. The number of nitrogens with zero attached hydrogens (tertiary/aromatic N) is 2. The molecule has 0 saturated carbocycles. The molecule has 0 bridgehead atoms. The first-order chi connectivity index (χ1) is 12.7. The third kappa shape index (κ3) is 4.80. The van der Waals surface area contributed by atoms with E-state index in [9.17, 15) is 4.79 Å². The molecule has 0 radical (unpaired) electrons. The lowest BCUT2D eigenvalue weighted by Gasteiger charge is -2.08. The van der Waals surface area contributed by atoms with Crippen LogP contribution in [-0.4, -0.2) is 29.5 Å². The number of anilines is 2. The van der Waals surface area contributed by atoms with Crippen LogP contribution in [0.15, 0.2) is 66.9 Å². The van der Waals surface area contributed by atoms with Gasteiger partial charge in [0.05, 0.1) is 7.11 Å². The molecule has 132 valence electrons. The SMILES string of the molecule is COc1ccc(CCNc2nccc(C(=O)Nc3ccccc3)n2)cc1. The second-order valence-corrected chi connectivity index (χ2v) is 5.61. The van der Waals surface area contributed by atoms with E-state index in [0.717, 1.165) is 17.9 Å². The van der Waals surface area contributed by atoms with Crippen molar-refractivity contribution < 1.29 is 9.53 Å². The van der Waals surface area contributed by atoms with Crippen LogP contribution in [0.4, 0.5) is 11.6 Å². The standard InChI is InChI=1S/C20H20N4O2/c1-26-17-9-7-15(8-10-17)11-13-21-20-22-14-12-18(24-20)19(25)23-16-5-3-2-4-6-16/h2-10,12,14H,11,13H2,1H3,(H,23,25)(H,21,22,24). The van der Waals surface area contributed by atoms with Gasteiger partial charge in [0.1, 0.15) is 11.4 Å². The van der Waals surface area contributed by atoms with Crippen LogP contribution >= 0.6 is 0 Å². The smallest absolute Gasteiger partial charge is 0.274 e. The number of hydrogen-bond acceptors (Lipinski definition) is 5. The van der Waals surface area contributed by atoms with Crippen LogP contribution in [0.1, 0.15) is 16.1 Å². The summed E-state index contributed by atoms with van der Waals surface area (Å²) in [7, 11) is 1.65. The molecule has 0 aliphatic heterocycles. The molecule has 6 nitrogen and oxygen atoms in total. The normalized spacial score (nSPS) is 10.2. The van der Waals surface area contributed by atoms with Gasteiger partial charge in [-0.15, -0.1) is 0 Å². The van der Waals surface area contributed by atoms with Crippen molar-refractivity contribution in [2.45, 2.75) is 6.42 Å². The minimum absolute atomic E-state index is 0.267. The summed E-state index contributed by atoms with van der Waals surface area (Å²) in [5, 5.41) is 5.96. The van der Waals surface area contributed by atoms with E-state index in [4.69, 9.17) is 4.74 Å². The molecule has 0 unspecified atom stereocenters. The quantitative estimate of drug-likeness (QED) is 0.684. The molecule has 0 aliphatic rings. The molecule has 3 rings (SSSR count). The highest BCUT2D eigenvalue weighted by Gasteiger charge is 2.09. The fourth-order valence-electron chi connectivity index (χ4n) is 2.40. The predicted molar refractivity (Wildman–Crippen MR) is 102 cm³/mol. The Kier molecular flexibility index (Phi) is 5.77. The number of carbonyl (C=O) groups excluding carboxylic acids is 1. The fourth-order valence-corrected chi connectivity index (χ4v) is 2.40. The summed E-state index contributed by atoms with van der Waals surface area (Å²) in [4.78, 5) is 20.7. The van der Waals surface area contributed by atoms with Gasteiger partial charge in [-0.2, -0.15) is 0 Å². The molecule has 0 atom stereocenters. The molecule has 26 heavy (non-hydrogen) atoms. The van der Waals surface area contributed by atoms with E-state index in [0.29, 0.717) is 18.2 Å². The fraction of sp³-hybridized carbons (Fsp3) is 0.150. The van der Waals surface area contributed by atoms with Crippen LogP contribution < -0.4 is 15.4 Å². The van der Waals surface area contributed by atoms with Gasteiger partial charge >= 0.3 is 0 Å². The van der Waals surface area contributed by atoms with Gasteiger partial charge < -0.3 is 15.4 Å². The Morgan fingerprint density at radius 2 is 1.81 bits per heavy atom. The lowest BCUT2D eigenvalue weighted by atomic mass is 10.1. The zero-order valence-corrected chi connectivity index (χ0v) is 14.5. The van der Waals surface area contributed by atoms with E-state index in [-0.39, 0.29) is 5.91 Å². The highest BCUT2D eigenvalue weighted by atomic mass is 16.5. The number of nitrogens with one attached hydrogen (secondary N) is 2. The summed E-state index contributed by atoms with van der Waals surface area (Å²) in [6.07, 6.45) is 2.39. The van der Waals surface area contributed by atoms with Crippen molar-refractivity contribution in [1.29, 1.82) is 0 Å². The summed E-state index contributed by atoms with van der Waals surface area (Å²) in [6, 6.07) is 18.8. The molecule has 0 fully saturated rings. The summed E-state index contributed by atoms with van der Waals surface area (Å²) >= 11 is 0. The number of aromatic nitrogens is 2. The Labute approximate surface area is 152 Å². The zero-order valence-electron chi connectivity index (χ0n) is 14.5. The summed E-state index contributed by atoms with van der Waals surface area (Å²) in [5.74, 6) is 0.998. The molecule has 2 N–H and O–H groups in total. The summed E-state index contributed by atoms with van der Waals surface area (Å²) in [5.41, 5.74) is 2.22. The minimum atomic E-state index is -0.267. The molecular formula is C20H20N4O2. The van der Waals surface area contributed by atoms with E-state index >= 15 is 0 Å². The van der Waals surface area contributed by atoms with E-state index < -0.39 is 0 Å². The zero-order chi connectivity index (χ0) is 18.2. The van der Waals surface area contributed by atoms with Gasteiger partial charge in [0.15, 0.2) is 0 Å². The van der Waals surface area contributed by atoms with Gasteiger partial charge in [0.25, 0.3) is 5.91 Å². The Bertz CT molecular complexity index is 851. The van der Waals surface area contributed by atoms with Gasteiger partial charge in [0.2, 0.25) is 5.95 Å². The third-order valence-corrected chi connectivity index (χ3v) is 3.78. The van der Waals surface area contributed by atoms with Gasteiger partial charge in [0, 0.05) is 18.4 Å². The van der Waals surface area contributed by atoms with Crippen LogP contribution in [0.3, 0.4) is 0 Å². The molecule has 0 saturated heterocycles. The number of ether oxygens (including phenoxy) is 1. The lowest BCUT2D eigenvalue weighted by Crippen LogP contribution is -2.16. The second-order valence-electron chi connectivity index (χ2n) is 5.61. The molecule has 1 aromatic heterocycles. The molecule has 2 aromatic carbocycles. The first kappa shape index (κ1) is 17.4. The van der Waals surface area contributed by atoms with Gasteiger partial charge in [-0.3, -0.25) is 4.79 Å². The minimum Gasteiger partial charge on any atom is -0.497 e. The predicted octanol–water partition coefficient (Wildman–Crippen LogP) is 3.39. The summed E-state index contributed by atoms with van der Waals surface area (Å²) < 4.78 is 5.15. The van der Waals surface area contributed by atoms with Crippen LogP contribution in [0.5, 0.6) is 5.75 Å². The molecule has 0 aliphatic carbocycles. The third-order valence-electron chi connectivity index (χ3n) is 3.78. The molecule has 6 heteroatoms. The van der Waals surface area contributed by atoms with Gasteiger partial charge in [-0.1, -0.05) is 30.3 Å². The Morgan fingerprint density at radius 1 is 1.04 bits per heavy atom. The van der Waals surface area contributed by atoms with E-state index in [1.54, 1.807) is 19.4 Å². The molecule has 0 spiro atoms. The van der Waals surface area contributed by atoms with Crippen molar-refractivity contribution in [2.24, 2.45) is 0 Å². The number of benzene rings is 2. The maximum Gasteiger partial charge on any atom is 0.274 e. The number of methoxy groups -OCH3 is 1. The number of hydrogen-bond donors (Lipinski definition) is 2. The maximum absolute atomic E-state index is 12.3. The highest BCUT2D eigenvalue weighted by Crippen LogP contribution is 2.12. The monoisotopic (exact) mass is 348 g/mol. The maximum atomic E-state index is 12.3. The molecular weight excluding hydrogens is 328 g/mol. The first-order valence-electron chi connectivity index (χ1n) is 8.31. The summed E-state index contributed by atoms with van der Waals surface area (Å²) in [6.45, 7) is 0.663. The van der Waals surface area contributed by atoms with Gasteiger partial charge in [-0.05, 0) is 42.3 Å². The first-order valence-corrected chi connectivity index (χ1v) is 8.31. The van der Waals surface area contributed by atoms with Crippen molar-refractivity contribution in [3.8, 4) is 5.75 Å². The number of para-hydroxylation sites is 1. The van der Waals surface area contributed by atoms with Gasteiger partial charge in [-0.25, -0.2) is 9.97 Å². The van der Waals surface area contributed by atoms with Crippen molar-refractivity contribution in [1.82, 2.24) is 9.97 Å². The lowest BCUT2D eigenvalue weighted by molar-refractivity contribution is 0.102. The number of carbonyl (C=O) groups is 1. The Morgan fingerprint density at radius 3 is 2.54 bits per heavy atom. The van der Waals surface area contributed by atoms with Crippen molar-refractivity contribution in [3.05, 3.63) is 78.1 Å². The van der Waals surface area contributed by atoms with E-state index in [1.165, 1.54) is 5.56 Å². The number of amides is 1.